The van der Waals surface area contributed by atoms with Gasteiger partial charge in [-0.15, -0.1) is 0 Å². The second-order valence-electron chi connectivity index (χ2n) is 8.63. The van der Waals surface area contributed by atoms with Gasteiger partial charge in [-0.2, -0.15) is 8.78 Å². The molecule has 178 valence electrons. The number of hydrogen-bond acceptors (Lipinski definition) is 5. The number of para-hydroxylation sites is 1. The summed E-state index contributed by atoms with van der Waals surface area (Å²) in [4.78, 5) is 31.9. The number of ether oxygens (including phenoxy) is 2. The van der Waals surface area contributed by atoms with E-state index in [-0.39, 0.29) is 48.5 Å². The van der Waals surface area contributed by atoms with Gasteiger partial charge in [0.2, 0.25) is 0 Å². The largest absolute Gasteiger partial charge is 0.488 e. The number of pyridine rings is 1. The van der Waals surface area contributed by atoms with Crippen LogP contribution in [0.25, 0.3) is 5.69 Å². The first-order chi connectivity index (χ1) is 16.2. The lowest BCUT2D eigenvalue weighted by atomic mass is 10.0. The smallest absolute Gasteiger partial charge is 0.398 e. The van der Waals surface area contributed by atoms with Gasteiger partial charge >= 0.3 is 6.11 Å². The quantitative estimate of drug-likeness (QED) is 0.573. The lowest BCUT2D eigenvalue weighted by molar-refractivity contribution is -0.187. The number of nitrogens with zero attached hydrogens (tertiary/aromatic N) is 4. The van der Waals surface area contributed by atoms with Gasteiger partial charge in [-0.3, -0.25) is 9.59 Å². The Kier molecular flexibility index (Phi) is 5.38. The van der Waals surface area contributed by atoms with Crippen LogP contribution in [0, 0.1) is 6.92 Å². The van der Waals surface area contributed by atoms with Gasteiger partial charge in [0, 0.05) is 19.3 Å². The van der Waals surface area contributed by atoms with Gasteiger partial charge in [0.05, 0.1) is 24.5 Å². The van der Waals surface area contributed by atoms with Crippen LogP contribution in [0.1, 0.15) is 35.1 Å². The van der Waals surface area contributed by atoms with Crippen molar-refractivity contribution in [2.75, 3.05) is 13.2 Å². The fourth-order valence-corrected chi connectivity index (χ4v) is 4.37. The number of imidazole rings is 1. The normalized spacial score (nSPS) is 17.5. The predicted molar refractivity (Wildman–Crippen MR) is 119 cm³/mol. The molecule has 0 radical (unpaired) electrons. The van der Waals surface area contributed by atoms with Gasteiger partial charge in [0.1, 0.15) is 18.0 Å². The number of aromatic nitrogens is 3. The highest BCUT2D eigenvalue weighted by Gasteiger charge is 2.38. The van der Waals surface area contributed by atoms with Crippen LogP contribution < -0.4 is 15.0 Å². The second kappa shape index (κ2) is 8.27. The first-order valence-electron chi connectivity index (χ1n) is 11.1. The van der Waals surface area contributed by atoms with Gasteiger partial charge in [-0.25, -0.2) is 4.98 Å². The molecule has 5 rings (SSSR count). The minimum Gasteiger partial charge on any atom is -0.488 e. The molecule has 8 nitrogen and oxygen atoms in total. The number of hydrogen-bond donors (Lipinski definition) is 0. The first kappa shape index (κ1) is 22.1. The van der Waals surface area contributed by atoms with Crippen LogP contribution in [0.15, 0.2) is 47.7 Å². The molecular formula is C24H24F2N4O4. The Morgan fingerprint density at radius 1 is 1.21 bits per heavy atom. The molecule has 0 saturated carbocycles. The number of aryl methyl sites for hydroxylation is 2. The van der Waals surface area contributed by atoms with Crippen LogP contribution in [-0.4, -0.2) is 50.2 Å². The highest BCUT2D eigenvalue weighted by Crippen LogP contribution is 2.41. The van der Waals surface area contributed by atoms with E-state index in [4.69, 9.17) is 9.47 Å². The highest BCUT2D eigenvalue weighted by molar-refractivity contribution is 5.93. The van der Waals surface area contributed by atoms with E-state index in [2.05, 4.69) is 4.98 Å². The number of rotatable bonds is 5. The maximum absolute atomic E-state index is 13.8. The second-order valence-corrected chi connectivity index (χ2v) is 8.63. The van der Waals surface area contributed by atoms with Crippen LogP contribution in [0.4, 0.5) is 8.78 Å². The molecule has 4 heterocycles. The third kappa shape index (κ3) is 3.93. The van der Waals surface area contributed by atoms with Crippen molar-refractivity contribution in [3.63, 3.8) is 0 Å². The number of benzene rings is 1. The summed E-state index contributed by atoms with van der Waals surface area (Å²) in [5.74, 6) is -0.00848. The number of carbonyl (C=O) groups is 1. The van der Waals surface area contributed by atoms with E-state index in [1.165, 1.54) is 4.57 Å². The summed E-state index contributed by atoms with van der Waals surface area (Å²) in [5.41, 5.74) is 1.91. The average Bonchev–Trinajstić information content (AvgIpc) is 3.23. The van der Waals surface area contributed by atoms with E-state index < -0.39 is 6.11 Å². The molecule has 0 N–H and O–H groups in total. The van der Waals surface area contributed by atoms with E-state index in [1.807, 2.05) is 13.8 Å². The summed E-state index contributed by atoms with van der Waals surface area (Å²) in [6.07, 6.45) is -0.0830. The Hall–Kier alpha value is -3.69. The molecule has 1 atom stereocenters. The highest BCUT2D eigenvalue weighted by atomic mass is 19.3. The van der Waals surface area contributed by atoms with Gasteiger partial charge in [-0.1, -0.05) is 12.1 Å². The first-order valence-corrected chi connectivity index (χ1v) is 11.1. The van der Waals surface area contributed by atoms with E-state index >= 15 is 0 Å². The lowest BCUT2D eigenvalue weighted by Gasteiger charge is -2.34. The molecule has 0 unspecified atom stereocenters. The molecular weight excluding hydrogens is 446 g/mol. The molecule has 2 aliphatic rings. The van der Waals surface area contributed by atoms with E-state index in [9.17, 15) is 18.4 Å². The molecule has 0 fully saturated rings. The summed E-state index contributed by atoms with van der Waals surface area (Å²) in [5, 5.41) is 0. The molecule has 0 saturated heterocycles. The van der Waals surface area contributed by atoms with Crippen molar-refractivity contribution < 1.29 is 23.0 Å². The monoisotopic (exact) mass is 470 g/mol. The minimum absolute atomic E-state index is 0.0510. The van der Waals surface area contributed by atoms with Crippen molar-refractivity contribution in [2.45, 2.75) is 45.4 Å². The van der Waals surface area contributed by atoms with Crippen LogP contribution in [0.3, 0.4) is 0 Å². The lowest BCUT2D eigenvalue weighted by Crippen LogP contribution is -2.50. The summed E-state index contributed by atoms with van der Waals surface area (Å²) in [6, 6.07) is 7.96. The predicted octanol–water partition coefficient (Wildman–Crippen LogP) is 3.18. The van der Waals surface area contributed by atoms with Gasteiger partial charge < -0.3 is 23.5 Å². The van der Waals surface area contributed by atoms with Crippen molar-refractivity contribution in [1.82, 2.24) is 19.0 Å². The zero-order valence-electron chi connectivity index (χ0n) is 18.8. The zero-order chi connectivity index (χ0) is 24.0. The number of alkyl halides is 2. The molecule has 10 heteroatoms. The van der Waals surface area contributed by atoms with Gasteiger partial charge in [0.25, 0.3) is 11.5 Å². The SMILES string of the molecule is Cc1cn(-c2ccc3n(c2=O)CCN([C@@H](C)COc2cccc4c2OC(F)(F)CC4)C3=O)cn1. The molecule has 34 heavy (non-hydrogen) atoms. The Balaban J connectivity index is 1.32. The number of halogens is 2. The maximum atomic E-state index is 13.8. The van der Waals surface area contributed by atoms with E-state index in [0.29, 0.717) is 30.0 Å². The molecule has 0 spiro atoms. The summed E-state index contributed by atoms with van der Waals surface area (Å²) in [6.45, 7) is 4.40. The fourth-order valence-electron chi connectivity index (χ4n) is 4.37. The van der Waals surface area contributed by atoms with Crippen molar-refractivity contribution in [1.29, 1.82) is 0 Å². The van der Waals surface area contributed by atoms with Crippen LogP contribution in [0.2, 0.25) is 0 Å². The number of fused-ring (bicyclic) bond motifs is 2. The van der Waals surface area contributed by atoms with Gasteiger partial charge in [-0.05, 0) is 44.0 Å². The van der Waals surface area contributed by atoms with Crippen LogP contribution in [-0.2, 0) is 13.0 Å². The topological polar surface area (TPSA) is 78.6 Å². The van der Waals surface area contributed by atoms with Crippen molar-refractivity contribution >= 4 is 5.91 Å². The van der Waals surface area contributed by atoms with Crippen LogP contribution >= 0.6 is 0 Å². The molecule has 0 aliphatic carbocycles. The Labute approximate surface area is 194 Å². The molecule has 1 amide bonds. The number of amides is 1. The summed E-state index contributed by atoms with van der Waals surface area (Å²) >= 11 is 0. The fraction of sp³-hybridized carbons (Fsp3) is 0.375. The van der Waals surface area contributed by atoms with Crippen molar-refractivity contribution in [3.05, 3.63) is 70.2 Å². The molecule has 3 aromatic rings. The van der Waals surface area contributed by atoms with Crippen LogP contribution in [0.5, 0.6) is 11.5 Å². The molecule has 0 bridgehead atoms. The zero-order valence-corrected chi connectivity index (χ0v) is 18.8. The minimum atomic E-state index is -3.23. The Morgan fingerprint density at radius 2 is 2.03 bits per heavy atom. The third-order valence-corrected chi connectivity index (χ3v) is 6.20. The van der Waals surface area contributed by atoms with Crippen molar-refractivity contribution in [2.24, 2.45) is 0 Å². The van der Waals surface area contributed by atoms with E-state index in [1.54, 1.807) is 52.3 Å². The average molecular weight is 470 g/mol. The molecule has 2 aromatic heterocycles. The van der Waals surface area contributed by atoms with Gasteiger partial charge in [0.15, 0.2) is 11.5 Å². The molecule has 2 aliphatic heterocycles. The Morgan fingerprint density at radius 3 is 2.79 bits per heavy atom. The maximum Gasteiger partial charge on any atom is 0.398 e. The van der Waals surface area contributed by atoms with Crippen molar-refractivity contribution in [3.8, 4) is 17.2 Å². The third-order valence-electron chi connectivity index (χ3n) is 6.20. The Bertz CT molecular complexity index is 1320. The number of carbonyl (C=O) groups excluding carboxylic acids is 1. The summed E-state index contributed by atoms with van der Waals surface area (Å²) < 4.78 is 41.3. The van der Waals surface area contributed by atoms with E-state index in [0.717, 1.165) is 5.69 Å². The standard InChI is InChI=1S/C24H24F2N4O4/c1-15-12-28(14-27-15)18-6-7-19-23(32)29(10-11-30(19)22(18)31)16(2)13-33-20-5-3-4-17-8-9-24(25,26)34-21(17)20/h3-7,12,14,16H,8-11,13H2,1-2H3/t16-/m0/s1. The molecule has 1 aromatic carbocycles. The summed E-state index contributed by atoms with van der Waals surface area (Å²) in [7, 11) is 0.